The van der Waals surface area contributed by atoms with E-state index in [9.17, 15) is 4.79 Å². The van der Waals surface area contributed by atoms with Crippen LogP contribution in [-0.2, 0) is 17.8 Å². The lowest BCUT2D eigenvalue weighted by Crippen LogP contribution is -2.23. The van der Waals surface area contributed by atoms with Crippen LogP contribution in [0.1, 0.15) is 17.5 Å². The van der Waals surface area contributed by atoms with Crippen LogP contribution in [0.4, 0.5) is 0 Å². The van der Waals surface area contributed by atoms with Crippen LogP contribution in [0.25, 0.3) is 11.3 Å². The monoisotopic (exact) mass is 366 g/mol. The number of amides is 1. The number of nitrogens with one attached hydrogen (secondary N) is 1. The topological polar surface area (TPSA) is 73.6 Å². The first-order chi connectivity index (χ1) is 13.2. The van der Waals surface area contributed by atoms with Gasteiger partial charge < -0.3 is 19.2 Å². The average Bonchev–Trinajstić information content (AvgIpc) is 3.25. The lowest BCUT2D eigenvalue weighted by atomic mass is 10.1. The van der Waals surface area contributed by atoms with Crippen LogP contribution in [0.2, 0.25) is 0 Å². The molecule has 0 spiro atoms. The molecule has 3 rings (SSSR count). The number of hydrogen-bond acceptors (Lipinski definition) is 5. The minimum atomic E-state index is -0.0312. The molecular weight excluding hydrogens is 344 g/mol. The third-order valence-electron chi connectivity index (χ3n) is 4.21. The highest BCUT2D eigenvalue weighted by molar-refractivity contribution is 5.76. The number of hydrogen-bond donors (Lipinski definition) is 1. The highest BCUT2D eigenvalue weighted by Crippen LogP contribution is 2.25. The van der Waals surface area contributed by atoms with E-state index in [1.807, 2.05) is 36.4 Å². The number of ether oxygens (including phenoxy) is 2. The van der Waals surface area contributed by atoms with Gasteiger partial charge in [0.05, 0.1) is 20.5 Å². The Kier molecular flexibility index (Phi) is 6.10. The lowest BCUT2D eigenvalue weighted by Gasteiger charge is -2.10. The summed E-state index contributed by atoms with van der Waals surface area (Å²) in [5.41, 5.74) is 2.77. The zero-order chi connectivity index (χ0) is 19.1. The molecule has 0 fully saturated rings. The van der Waals surface area contributed by atoms with E-state index in [1.165, 1.54) is 0 Å². The van der Waals surface area contributed by atoms with Crippen molar-refractivity contribution in [2.45, 2.75) is 19.4 Å². The highest BCUT2D eigenvalue weighted by Gasteiger charge is 2.09. The molecule has 140 valence electrons. The Labute approximate surface area is 158 Å². The summed E-state index contributed by atoms with van der Waals surface area (Å²) in [6.07, 6.45) is 6.05. The smallest absolute Gasteiger partial charge is 0.220 e. The van der Waals surface area contributed by atoms with Crippen molar-refractivity contribution < 1.29 is 18.7 Å². The number of benzene rings is 1. The highest BCUT2D eigenvalue weighted by atomic mass is 16.5. The number of aromatic nitrogens is 1. The molecule has 0 saturated carbocycles. The number of furan rings is 1. The largest absolute Gasteiger partial charge is 0.497 e. The van der Waals surface area contributed by atoms with Gasteiger partial charge in [-0.15, -0.1) is 0 Å². The van der Waals surface area contributed by atoms with Gasteiger partial charge in [-0.25, -0.2) is 0 Å². The number of pyridine rings is 1. The van der Waals surface area contributed by atoms with Crippen LogP contribution in [0.3, 0.4) is 0 Å². The van der Waals surface area contributed by atoms with Gasteiger partial charge in [0.1, 0.15) is 17.3 Å². The number of nitrogens with zero attached hydrogens (tertiary/aromatic N) is 1. The van der Waals surface area contributed by atoms with E-state index in [0.29, 0.717) is 19.4 Å². The van der Waals surface area contributed by atoms with E-state index in [2.05, 4.69) is 10.3 Å². The SMILES string of the molecule is COc1ccc(CCC(=O)NCc2cncc(-c3ccco3)c2)c(OC)c1. The molecule has 27 heavy (non-hydrogen) atoms. The predicted octanol–water partition coefficient (Wildman–Crippen LogP) is 3.61. The maximum atomic E-state index is 12.2. The molecule has 1 amide bonds. The zero-order valence-electron chi connectivity index (χ0n) is 15.4. The van der Waals surface area contributed by atoms with E-state index < -0.39 is 0 Å². The minimum Gasteiger partial charge on any atom is -0.497 e. The zero-order valence-corrected chi connectivity index (χ0v) is 15.4. The summed E-state index contributed by atoms with van der Waals surface area (Å²) in [6, 6.07) is 11.3. The molecule has 0 unspecified atom stereocenters. The summed E-state index contributed by atoms with van der Waals surface area (Å²) in [6.45, 7) is 0.417. The van der Waals surface area contributed by atoms with Gasteiger partial charge in [0.2, 0.25) is 5.91 Å². The van der Waals surface area contributed by atoms with Crippen molar-refractivity contribution in [1.29, 1.82) is 0 Å². The lowest BCUT2D eigenvalue weighted by molar-refractivity contribution is -0.121. The molecule has 0 saturated heterocycles. The van der Waals surface area contributed by atoms with Gasteiger partial charge in [0, 0.05) is 37.0 Å². The fraction of sp³-hybridized carbons (Fsp3) is 0.238. The normalized spacial score (nSPS) is 10.4. The Balaban J connectivity index is 1.54. The van der Waals surface area contributed by atoms with Gasteiger partial charge in [-0.05, 0) is 41.8 Å². The van der Waals surface area contributed by atoms with Crippen LogP contribution in [0.15, 0.2) is 59.5 Å². The van der Waals surface area contributed by atoms with Crippen molar-refractivity contribution in [1.82, 2.24) is 10.3 Å². The molecule has 0 aliphatic rings. The van der Waals surface area contributed by atoms with Crippen molar-refractivity contribution in [2.24, 2.45) is 0 Å². The summed E-state index contributed by atoms with van der Waals surface area (Å²) in [7, 11) is 3.22. The van der Waals surface area contributed by atoms with Gasteiger partial charge in [-0.2, -0.15) is 0 Å². The molecule has 3 aromatic rings. The Bertz CT molecular complexity index is 891. The number of carbonyl (C=O) groups is 1. The maximum Gasteiger partial charge on any atom is 0.220 e. The fourth-order valence-electron chi connectivity index (χ4n) is 2.76. The second kappa shape index (κ2) is 8.89. The number of aryl methyl sites for hydroxylation is 1. The van der Waals surface area contributed by atoms with E-state index in [1.54, 1.807) is 32.9 Å². The summed E-state index contributed by atoms with van der Waals surface area (Å²) >= 11 is 0. The quantitative estimate of drug-likeness (QED) is 0.659. The molecule has 0 aliphatic heterocycles. The molecule has 6 heteroatoms. The second-order valence-electron chi connectivity index (χ2n) is 6.01. The van der Waals surface area contributed by atoms with Crippen LogP contribution in [-0.4, -0.2) is 25.1 Å². The number of methoxy groups -OCH3 is 2. The van der Waals surface area contributed by atoms with Gasteiger partial charge in [0.15, 0.2) is 0 Å². The van der Waals surface area contributed by atoms with Crippen molar-refractivity contribution in [3.63, 3.8) is 0 Å². The van der Waals surface area contributed by atoms with Crippen molar-refractivity contribution >= 4 is 5.91 Å². The molecule has 1 aromatic carbocycles. The van der Waals surface area contributed by atoms with Crippen LogP contribution in [0.5, 0.6) is 11.5 Å². The standard InChI is InChI=1S/C21H22N2O4/c1-25-18-7-5-16(20(11-18)26-2)6-8-21(24)23-13-15-10-17(14-22-12-15)19-4-3-9-27-19/h3-5,7,9-12,14H,6,8,13H2,1-2H3,(H,23,24). The molecule has 2 aromatic heterocycles. The van der Waals surface area contributed by atoms with Crippen molar-refractivity contribution in [2.75, 3.05) is 14.2 Å². The Morgan fingerprint density at radius 3 is 2.78 bits per heavy atom. The van der Waals surface area contributed by atoms with Gasteiger partial charge >= 0.3 is 0 Å². The average molecular weight is 366 g/mol. The molecule has 0 bridgehead atoms. The Morgan fingerprint density at radius 2 is 2.04 bits per heavy atom. The second-order valence-corrected chi connectivity index (χ2v) is 6.01. The number of rotatable bonds is 8. The molecular formula is C21H22N2O4. The summed E-state index contributed by atoms with van der Waals surface area (Å²) < 4.78 is 15.9. The van der Waals surface area contributed by atoms with E-state index >= 15 is 0 Å². The van der Waals surface area contributed by atoms with Gasteiger partial charge in [-0.1, -0.05) is 6.07 Å². The van der Waals surface area contributed by atoms with Gasteiger partial charge in [-0.3, -0.25) is 9.78 Å². The molecule has 6 nitrogen and oxygen atoms in total. The fourth-order valence-corrected chi connectivity index (χ4v) is 2.76. The van der Waals surface area contributed by atoms with Gasteiger partial charge in [0.25, 0.3) is 0 Å². The minimum absolute atomic E-state index is 0.0312. The Hall–Kier alpha value is -3.28. The Morgan fingerprint density at radius 1 is 1.15 bits per heavy atom. The van der Waals surface area contributed by atoms with E-state index in [-0.39, 0.29) is 5.91 Å². The first kappa shape index (κ1) is 18.5. The van der Waals surface area contributed by atoms with Crippen LogP contribution >= 0.6 is 0 Å². The van der Waals surface area contributed by atoms with Crippen LogP contribution < -0.4 is 14.8 Å². The first-order valence-electron chi connectivity index (χ1n) is 8.65. The molecule has 0 atom stereocenters. The third kappa shape index (κ3) is 4.88. The van der Waals surface area contributed by atoms with E-state index in [0.717, 1.165) is 33.9 Å². The van der Waals surface area contributed by atoms with Crippen molar-refractivity contribution in [3.05, 3.63) is 66.2 Å². The molecule has 1 N–H and O–H groups in total. The molecule has 2 heterocycles. The summed E-state index contributed by atoms with van der Waals surface area (Å²) in [5, 5.41) is 2.93. The molecule has 0 radical (unpaired) electrons. The third-order valence-corrected chi connectivity index (χ3v) is 4.21. The van der Waals surface area contributed by atoms with Crippen molar-refractivity contribution in [3.8, 4) is 22.8 Å². The summed E-state index contributed by atoms with van der Waals surface area (Å²) in [4.78, 5) is 16.4. The van der Waals surface area contributed by atoms with Crippen LogP contribution in [0, 0.1) is 0 Å². The predicted molar refractivity (Wildman–Crippen MR) is 102 cm³/mol. The maximum absolute atomic E-state index is 12.2. The van der Waals surface area contributed by atoms with E-state index in [4.69, 9.17) is 13.9 Å². The number of carbonyl (C=O) groups excluding carboxylic acids is 1. The first-order valence-corrected chi connectivity index (χ1v) is 8.65. The molecule has 0 aliphatic carbocycles. The summed E-state index contributed by atoms with van der Waals surface area (Å²) in [5.74, 6) is 2.17.